The van der Waals surface area contributed by atoms with Crippen molar-refractivity contribution in [3.8, 4) is 5.75 Å². The molecular weight excluding hydrogens is 288 g/mol. The Balaban J connectivity index is 1.63. The van der Waals surface area contributed by atoms with E-state index in [0.29, 0.717) is 23.4 Å². The van der Waals surface area contributed by atoms with Gasteiger partial charge in [0.15, 0.2) is 0 Å². The van der Waals surface area contributed by atoms with Gasteiger partial charge in [0.25, 0.3) is 5.91 Å². The van der Waals surface area contributed by atoms with Crippen molar-refractivity contribution in [2.75, 3.05) is 13.7 Å². The van der Waals surface area contributed by atoms with E-state index in [1.54, 1.807) is 25.3 Å². The standard InChI is InChI=1S/C19H19N2O2/c1-13-11-15(23-2)7-8-16(13)19(22)20-10-9-14-12-21-18-6-4-3-5-17(14)18/h3-8,11-12,21H,1,9-10H2,2H3,(H,20,22). The van der Waals surface area contributed by atoms with Gasteiger partial charge < -0.3 is 15.0 Å². The number of aromatic nitrogens is 1. The van der Waals surface area contributed by atoms with Gasteiger partial charge in [-0.3, -0.25) is 4.79 Å². The molecule has 1 amide bonds. The number of fused-ring (bicyclic) bond motifs is 1. The highest BCUT2D eigenvalue weighted by Gasteiger charge is 2.10. The summed E-state index contributed by atoms with van der Waals surface area (Å²) in [6.45, 7) is 4.48. The zero-order valence-corrected chi connectivity index (χ0v) is 13.1. The molecule has 4 nitrogen and oxygen atoms in total. The molecule has 1 heterocycles. The molecule has 0 unspecified atom stereocenters. The molecule has 0 atom stereocenters. The molecule has 23 heavy (non-hydrogen) atoms. The number of H-pyrrole nitrogens is 1. The molecule has 1 aromatic heterocycles. The van der Waals surface area contributed by atoms with Gasteiger partial charge in [-0.05, 0) is 48.7 Å². The fraction of sp³-hybridized carbons (Fsp3) is 0.158. The molecule has 0 fully saturated rings. The lowest BCUT2D eigenvalue weighted by Gasteiger charge is -2.09. The molecule has 0 aliphatic rings. The van der Waals surface area contributed by atoms with E-state index < -0.39 is 0 Å². The first kappa shape index (κ1) is 15.2. The van der Waals surface area contributed by atoms with Crippen LogP contribution in [0.3, 0.4) is 0 Å². The van der Waals surface area contributed by atoms with Crippen LogP contribution in [0.5, 0.6) is 5.75 Å². The van der Waals surface area contributed by atoms with E-state index in [0.717, 1.165) is 11.9 Å². The molecule has 2 aromatic carbocycles. The molecule has 3 rings (SSSR count). The number of aromatic amines is 1. The van der Waals surface area contributed by atoms with Crippen LogP contribution in [-0.4, -0.2) is 24.5 Å². The lowest BCUT2D eigenvalue weighted by molar-refractivity contribution is 0.0954. The first-order valence-electron chi connectivity index (χ1n) is 7.52. The Morgan fingerprint density at radius 3 is 2.87 bits per heavy atom. The van der Waals surface area contributed by atoms with Crippen molar-refractivity contribution in [2.24, 2.45) is 0 Å². The molecule has 2 N–H and O–H groups in total. The number of methoxy groups -OCH3 is 1. The molecule has 117 valence electrons. The van der Waals surface area contributed by atoms with Gasteiger partial charge in [0, 0.05) is 29.2 Å². The van der Waals surface area contributed by atoms with Crippen LogP contribution < -0.4 is 10.1 Å². The van der Waals surface area contributed by atoms with E-state index in [-0.39, 0.29) is 5.91 Å². The van der Waals surface area contributed by atoms with Crippen LogP contribution >= 0.6 is 0 Å². The summed E-state index contributed by atoms with van der Waals surface area (Å²) in [5.41, 5.74) is 3.55. The van der Waals surface area contributed by atoms with Crippen LogP contribution in [0.25, 0.3) is 10.9 Å². The fourth-order valence-electron chi connectivity index (χ4n) is 2.66. The third kappa shape index (κ3) is 3.21. The summed E-state index contributed by atoms with van der Waals surface area (Å²) in [5.74, 6) is 0.586. The molecule has 0 bridgehead atoms. The SMILES string of the molecule is [CH2]c1cc(OC)ccc1C(=O)NCCc1c[nH]c2ccccc12. The molecule has 0 aliphatic heterocycles. The van der Waals surface area contributed by atoms with Gasteiger partial charge in [0.2, 0.25) is 0 Å². The van der Waals surface area contributed by atoms with Crippen molar-refractivity contribution in [1.29, 1.82) is 0 Å². The minimum absolute atomic E-state index is 0.113. The van der Waals surface area contributed by atoms with E-state index in [4.69, 9.17) is 4.74 Å². The number of amides is 1. The molecule has 3 aromatic rings. The first-order chi connectivity index (χ1) is 11.2. The Bertz CT molecular complexity index is 836. The van der Waals surface area contributed by atoms with Crippen LogP contribution in [0.15, 0.2) is 48.7 Å². The highest BCUT2D eigenvalue weighted by atomic mass is 16.5. The van der Waals surface area contributed by atoms with E-state index in [9.17, 15) is 4.79 Å². The van der Waals surface area contributed by atoms with Crippen molar-refractivity contribution in [3.05, 3.63) is 72.3 Å². The van der Waals surface area contributed by atoms with E-state index in [2.05, 4.69) is 23.3 Å². The van der Waals surface area contributed by atoms with Crippen molar-refractivity contribution in [2.45, 2.75) is 6.42 Å². The number of benzene rings is 2. The van der Waals surface area contributed by atoms with Crippen LogP contribution in [-0.2, 0) is 6.42 Å². The molecule has 0 saturated carbocycles. The molecule has 0 saturated heterocycles. The Morgan fingerprint density at radius 2 is 2.09 bits per heavy atom. The zero-order chi connectivity index (χ0) is 16.2. The third-order valence-corrected chi connectivity index (χ3v) is 3.91. The van der Waals surface area contributed by atoms with Gasteiger partial charge in [-0.25, -0.2) is 0 Å². The molecule has 4 heteroatoms. The number of ether oxygens (including phenoxy) is 1. The number of carbonyl (C=O) groups excluding carboxylic acids is 1. The molecule has 0 aliphatic carbocycles. The van der Waals surface area contributed by atoms with Gasteiger partial charge >= 0.3 is 0 Å². The Morgan fingerprint density at radius 1 is 1.26 bits per heavy atom. The van der Waals surface area contributed by atoms with Crippen molar-refractivity contribution < 1.29 is 9.53 Å². The first-order valence-corrected chi connectivity index (χ1v) is 7.52. The van der Waals surface area contributed by atoms with Gasteiger partial charge in [-0.2, -0.15) is 0 Å². The highest BCUT2D eigenvalue weighted by Crippen LogP contribution is 2.18. The summed E-state index contributed by atoms with van der Waals surface area (Å²) < 4.78 is 5.13. The van der Waals surface area contributed by atoms with Gasteiger partial charge in [-0.15, -0.1) is 0 Å². The van der Waals surface area contributed by atoms with Crippen LogP contribution in [0, 0.1) is 6.92 Å². The number of hydrogen-bond donors (Lipinski definition) is 2. The van der Waals surface area contributed by atoms with E-state index >= 15 is 0 Å². The number of para-hydroxylation sites is 1. The summed E-state index contributed by atoms with van der Waals surface area (Å²) in [5, 5.41) is 4.14. The maximum Gasteiger partial charge on any atom is 0.251 e. The predicted octanol–water partition coefficient (Wildman–Crippen LogP) is 3.33. The predicted molar refractivity (Wildman–Crippen MR) is 91.8 cm³/mol. The second-order valence-electron chi connectivity index (χ2n) is 5.39. The normalized spacial score (nSPS) is 10.7. The Kier molecular flexibility index (Phi) is 4.33. The van der Waals surface area contributed by atoms with Crippen LogP contribution in [0.4, 0.5) is 0 Å². The second-order valence-corrected chi connectivity index (χ2v) is 5.39. The van der Waals surface area contributed by atoms with Crippen LogP contribution in [0.2, 0.25) is 0 Å². The number of nitrogens with one attached hydrogen (secondary N) is 2. The van der Waals surface area contributed by atoms with Crippen molar-refractivity contribution >= 4 is 16.8 Å². The van der Waals surface area contributed by atoms with Gasteiger partial charge in [0.1, 0.15) is 5.75 Å². The summed E-state index contributed by atoms with van der Waals surface area (Å²) in [6, 6.07) is 13.4. The summed E-state index contributed by atoms with van der Waals surface area (Å²) in [6.07, 6.45) is 2.77. The van der Waals surface area contributed by atoms with Crippen molar-refractivity contribution in [3.63, 3.8) is 0 Å². The number of carbonyl (C=O) groups is 1. The van der Waals surface area contributed by atoms with Crippen LogP contribution in [0.1, 0.15) is 21.5 Å². The average Bonchev–Trinajstić information content (AvgIpc) is 2.98. The lowest BCUT2D eigenvalue weighted by atomic mass is 10.1. The number of hydrogen-bond acceptors (Lipinski definition) is 2. The Hall–Kier alpha value is -2.75. The fourth-order valence-corrected chi connectivity index (χ4v) is 2.66. The number of rotatable bonds is 5. The summed E-state index contributed by atoms with van der Waals surface area (Å²) in [7, 11) is 1.59. The monoisotopic (exact) mass is 307 g/mol. The second kappa shape index (κ2) is 6.57. The highest BCUT2D eigenvalue weighted by molar-refractivity contribution is 5.96. The molecule has 0 spiro atoms. The third-order valence-electron chi connectivity index (χ3n) is 3.91. The lowest BCUT2D eigenvalue weighted by Crippen LogP contribution is -2.26. The summed E-state index contributed by atoms with van der Waals surface area (Å²) >= 11 is 0. The molecular formula is C19H19N2O2. The van der Waals surface area contributed by atoms with Gasteiger partial charge in [0.05, 0.1) is 7.11 Å². The van der Waals surface area contributed by atoms with Crippen molar-refractivity contribution in [1.82, 2.24) is 10.3 Å². The maximum absolute atomic E-state index is 12.3. The minimum Gasteiger partial charge on any atom is -0.497 e. The topological polar surface area (TPSA) is 54.1 Å². The smallest absolute Gasteiger partial charge is 0.251 e. The van der Waals surface area contributed by atoms with E-state index in [1.165, 1.54) is 10.9 Å². The largest absolute Gasteiger partial charge is 0.497 e. The van der Waals surface area contributed by atoms with E-state index in [1.807, 2.05) is 24.4 Å². The maximum atomic E-state index is 12.3. The zero-order valence-electron chi connectivity index (χ0n) is 13.1. The molecule has 1 radical (unpaired) electrons. The summed E-state index contributed by atoms with van der Waals surface area (Å²) in [4.78, 5) is 15.5. The van der Waals surface area contributed by atoms with Gasteiger partial charge in [-0.1, -0.05) is 18.2 Å². The minimum atomic E-state index is -0.113. The Labute approximate surface area is 135 Å². The quantitative estimate of drug-likeness (QED) is 0.759. The average molecular weight is 307 g/mol.